The van der Waals surface area contributed by atoms with Crippen LogP contribution in [0.5, 0.6) is 0 Å². The van der Waals surface area contributed by atoms with Crippen LogP contribution >= 0.6 is 11.8 Å². The predicted molar refractivity (Wildman–Crippen MR) is 125 cm³/mol. The first-order valence-electron chi connectivity index (χ1n) is 11.0. The Labute approximate surface area is 188 Å². The molecule has 7 nitrogen and oxygen atoms in total. The fourth-order valence-corrected chi connectivity index (χ4v) is 5.21. The minimum Gasteiger partial charge on any atom is -0.379 e. The lowest BCUT2D eigenvalue weighted by atomic mass is 10.2. The van der Waals surface area contributed by atoms with E-state index in [1.54, 1.807) is 11.8 Å². The molecule has 0 radical (unpaired) electrons. The van der Waals surface area contributed by atoms with Crippen molar-refractivity contribution in [3.05, 3.63) is 41.9 Å². The molecular formula is C23H32N6OS. The van der Waals surface area contributed by atoms with Crippen LogP contribution in [0.4, 0.5) is 0 Å². The number of hydrogen-bond acceptors (Lipinski definition) is 7. The summed E-state index contributed by atoms with van der Waals surface area (Å²) < 4.78 is 7.83. The van der Waals surface area contributed by atoms with Crippen molar-refractivity contribution in [2.24, 2.45) is 0 Å². The number of aryl methyl sites for hydroxylation is 1. The van der Waals surface area contributed by atoms with Gasteiger partial charge in [-0.2, -0.15) is 0 Å². The van der Waals surface area contributed by atoms with Gasteiger partial charge in [0.15, 0.2) is 11.0 Å². The number of aromatic nitrogens is 4. The Balaban J connectivity index is 1.67. The second-order valence-electron chi connectivity index (χ2n) is 8.22. The first-order chi connectivity index (χ1) is 15.1. The lowest BCUT2D eigenvalue weighted by Gasteiger charge is -2.28. The summed E-state index contributed by atoms with van der Waals surface area (Å²) in [5.74, 6) is 1.04. The van der Waals surface area contributed by atoms with Crippen molar-refractivity contribution < 1.29 is 4.74 Å². The number of para-hydroxylation sites is 1. The van der Waals surface area contributed by atoms with Gasteiger partial charge in [-0.3, -0.25) is 14.8 Å². The Kier molecular flexibility index (Phi) is 7.22. The molecule has 1 saturated heterocycles. The smallest absolute Gasteiger partial charge is 0.196 e. The van der Waals surface area contributed by atoms with E-state index in [1.807, 2.05) is 13.0 Å². The quantitative estimate of drug-likeness (QED) is 0.530. The highest BCUT2D eigenvalue weighted by Gasteiger charge is 2.23. The molecule has 166 valence electrons. The SMILES string of the molecule is CC[C@@H](c1nnc(Sc2cc(C)nc3ccccc23)n1CCN1CCOCC1)N(C)C. The Morgan fingerprint density at radius 1 is 1.13 bits per heavy atom. The van der Waals surface area contributed by atoms with Crippen LogP contribution in [-0.2, 0) is 11.3 Å². The lowest BCUT2D eigenvalue weighted by Crippen LogP contribution is -2.38. The average molecular weight is 441 g/mol. The van der Waals surface area contributed by atoms with Gasteiger partial charge in [0.25, 0.3) is 0 Å². The number of rotatable bonds is 8. The van der Waals surface area contributed by atoms with Crippen molar-refractivity contribution in [2.45, 2.75) is 42.9 Å². The first-order valence-corrected chi connectivity index (χ1v) is 11.8. The van der Waals surface area contributed by atoms with Gasteiger partial charge < -0.3 is 9.30 Å². The summed E-state index contributed by atoms with van der Waals surface area (Å²) in [7, 11) is 4.23. The molecule has 4 rings (SSSR count). The van der Waals surface area contributed by atoms with E-state index in [1.165, 1.54) is 4.90 Å². The Morgan fingerprint density at radius 2 is 1.90 bits per heavy atom. The second kappa shape index (κ2) is 10.1. The van der Waals surface area contributed by atoms with Crippen molar-refractivity contribution in [1.82, 2.24) is 29.5 Å². The second-order valence-corrected chi connectivity index (χ2v) is 9.22. The molecule has 3 aromatic rings. The number of nitrogens with zero attached hydrogens (tertiary/aromatic N) is 6. The number of fused-ring (bicyclic) bond motifs is 1. The van der Waals surface area contributed by atoms with E-state index in [2.05, 4.69) is 74.8 Å². The van der Waals surface area contributed by atoms with Crippen LogP contribution in [0.3, 0.4) is 0 Å². The monoisotopic (exact) mass is 440 g/mol. The highest BCUT2D eigenvalue weighted by atomic mass is 32.2. The Morgan fingerprint density at radius 3 is 2.65 bits per heavy atom. The van der Waals surface area contributed by atoms with Gasteiger partial charge in [-0.25, -0.2) is 0 Å². The molecule has 1 aliphatic heterocycles. The molecule has 0 N–H and O–H groups in total. The van der Waals surface area contributed by atoms with Gasteiger partial charge in [0.2, 0.25) is 0 Å². The average Bonchev–Trinajstić information content (AvgIpc) is 3.15. The van der Waals surface area contributed by atoms with Crippen LogP contribution in [0, 0.1) is 6.92 Å². The van der Waals surface area contributed by atoms with Crippen molar-refractivity contribution >= 4 is 22.7 Å². The van der Waals surface area contributed by atoms with Gasteiger partial charge in [0, 0.05) is 42.2 Å². The van der Waals surface area contributed by atoms with E-state index >= 15 is 0 Å². The fraction of sp³-hybridized carbons (Fsp3) is 0.522. The highest BCUT2D eigenvalue weighted by molar-refractivity contribution is 7.99. The third-order valence-corrected chi connectivity index (χ3v) is 6.85. The number of benzene rings is 1. The molecule has 8 heteroatoms. The minimum absolute atomic E-state index is 0.238. The third-order valence-electron chi connectivity index (χ3n) is 5.80. The minimum atomic E-state index is 0.238. The molecule has 0 spiro atoms. The highest BCUT2D eigenvalue weighted by Crippen LogP contribution is 2.34. The van der Waals surface area contributed by atoms with Crippen molar-refractivity contribution in [1.29, 1.82) is 0 Å². The molecule has 0 amide bonds. The van der Waals surface area contributed by atoms with Crippen LogP contribution in [0.15, 0.2) is 40.4 Å². The number of hydrogen-bond donors (Lipinski definition) is 0. The van der Waals surface area contributed by atoms with E-state index in [0.717, 1.165) is 73.4 Å². The molecule has 0 aliphatic carbocycles. The lowest BCUT2D eigenvalue weighted by molar-refractivity contribution is 0.0358. The van der Waals surface area contributed by atoms with E-state index in [9.17, 15) is 0 Å². The summed E-state index contributed by atoms with van der Waals surface area (Å²) in [5.41, 5.74) is 2.03. The van der Waals surface area contributed by atoms with E-state index < -0.39 is 0 Å². The molecule has 2 aromatic heterocycles. The molecule has 1 atom stereocenters. The van der Waals surface area contributed by atoms with Gasteiger partial charge >= 0.3 is 0 Å². The van der Waals surface area contributed by atoms with Crippen LogP contribution in [0.1, 0.15) is 30.9 Å². The largest absolute Gasteiger partial charge is 0.379 e. The van der Waals surface area contributed by atoms with E-state index in [-0.39, 0.29) is 6.04 Å². The van der Waals surface area contributed by atoms with Gasteiger partial charge in [-0.15, -0.1) is 10.2 Å². The number of morpholine rings is 1. The van der Waals surface area contributed by atoms with E-state index in [4.69, 9.17) is 4.74 Å². The summed E-state index contributed by atoms with van der Waals surface area (Å²) in [6.07, 6.45) is 0.991. The maximum absolute atomic E-state index is 5.51. The molecule has 31 heavy (non-hydrogen) atoms. The molecule has 3 heterocycles. The van der Waals surface area contributed by atoms with Crippen LogP contribution < -0.4 is 0 Å². The van der Waals surface area contributed by atoms with Gasteiger partial charge in [-0.1, -0.05) is 25.1 Å². The van der Waals surface area contributed by atoms with Crippen LogP contribution in [-0.4, -0.2) is 76.5 Å². The number of pyridine rings is 1. The maximum Gasteiger partial charge on any atom is 0.196 e. The summed E-state index contributed by atoms with van der Waals surface area (Å²) in [6.45, 7) is 9.70. The Hall–Kier alpha value is -2.00. The zero-order valence-corrected chi connectivity index (χ0v) is 19.7. The van der Waals surface area contributed by atoms with Crippen molar-refractivity contribution in [3.8, 4) is 0 Å². The zero-order valence-electron chi connectivity index (χ0n) is 18.9. The molecule has 0 unspecified atom stereocenters. The van der Waals surface area contributed by atoms with E-state index in [0.29, 0.717) is 0 Å². The predicted octanol–water partition coefficient (Wildman–Crippen LogP) is 3.63. The van der Waals surface area contributed by atoms with Crippen molar-refractivity contribution in [2.75, 3.05) is 46.9 Å². The zero-order chi connectivity index (χ0) is 21.8. The number of ether oxygens (including phenoxy) is 1. The van der Waals surface area contributed by atoms with Gasteiger partial charge in [0.05, 0.1) is 24.8 Å². The third kappa shape index (κ3) is 5.09. The summed E-state index contributed by atoms with van der Waals surface area (Å²) in [6, 6.07) is 10.7. The molecule has 0 saturated carbocycles. The normalized spacial score (nSPS) is 16.3. The fourth-order valence-electron chi connectivity index (χ4n) is 4.13. The summed E-state index contributed by atoms with van der Waals surface area (Å²) in [5, 5.41) is 11.4. The molecule has 0 bridgehead atoms. The first kappa shape index (κ1) is 22.2. The van der Waals surface area contributed by atoms with Crippen molar-refractivity contribution in [3.63, 3.8) is 0 Å². The molecule has 1 aliphatic rings. The molecule has 1 fully saturated rings. The van der Waals surface area contributed by atoms with Gasteiger partial charge in [-0.05, 0) is 51.3 Å². The topological polar surface area (TPSA) is 59.3 Å². The summed E-state index contributed by atoms with van der Waals surface area (Å²) in [4.78, 5) is 10.6. The summed E-state index contributed by atoms with van der Waals surface area (Å²) >= 11 is 1.69. The van der Waals surface area contributed by atoms with Crippen LogP contribution in [0.2, 0.25) is 0 Å². The van der Waals surface area contributed by atoms with Crippen LogP contribution in [0.25, 0.3) is 10.9 Å². The molecule has 1 aromatic carbocycles. The molecular weight excluding hydrogens is 408 g/mol. The standard InChI is InChI=1S/C23H32N6OS/c1-5-20(27(3)4)22-25-26-23(29(22)11-10-28-12-14-30-15-13-28)31-21-16-17(2)24-19-9-7-6-8-18(19)21/h6-9,16,20H,5,10-15H2,1-4H3/t20-/m0/s1. The van der Waals surface area contributed by atoms with Gasteiger partial charge in [0.1, 0.15) is 0 Å². The Bertz CT molecular complexity index is 1010. The maximum atomic E-state index is 5.51.